The third kappa shape index (κ3) is 6.24. The molecule has 2 rings (SSSR count). The smallest absolute Gasteiger partial charge is 0.313 e. The second-order valence-electron chi connectivity index (χ2n) is 6.02. The van der Waals surface area contributed by atoms with Gasteiger partial charge in [-0.1, -0.05) is 18.2 Å². The van der Waals surface area contributed by atoms with Gasteiger partial charge in [-0.15, -0.1) is 0 Å². The predicted octanol–water partition coefficient (Wildman–Crippen LogP) is 1.88. The van der Waals surface area contributed by atoms with Crippen molar-refractivity contribution in [3.05, 3.63) is 53.6 Å². The highest BCUT2D eigenvalue weighted by Crippen LogP contribution is 2.28. The van der Waals surface area contributed by atoms with E-state index < -0.39 is 17.7 Å². The molecule has 2 aromatic carbocycles. The van der Waals surface area contributed by atoms with Gasteiger partial charge in [0.25, 0.3) is 5.91 Å². The SMILES string of the molecule is CCOc1ccc(CCNC(=O)C(=O)Nc2ccccc2C(N)=O)cc1OCC. The fraction of sp³-hybridized carbons (Fsp3) is 0.286. The summed E-state index contributed by atoms with van der Waals surface area (Å²) in [6, 6.07) is 11.8. The zero-order valence-electron chi connectivity index (χ0n) is 16.5. The average Bonchev–Trinajstić information content (AvgIpc) is 2.70. The number of nitrogens with one attached hydrogen (secondary N) is 2. The highest BCUT2D eigenvalue weighted by atomic mass is 16.5. The zero-order valence-corrected chi connectivity index (χ0v) is 16.5. The van der Waals surface area contributed by atoms with Crippen LogP contribution in [0, 0.1) is 0 Å². The Morgan fingerprint density at radius 2 is 1.62 bits per heavy atom. The normalized spacial score (nSPS) is 10.1. The quantitative estimate of drug-likeness (QED) is 0.556. The van der Waals surface area contributed by atoms with Gasteiger partial charge in [0.2, 0.25) is 0 Å². The van der Waals surface area contributed by atoms with Gasteiger partial charge in [-0.05, 0) is 50.1 Å². The molecule has 0 aliphatic carbocycles. The van der Waals surface area contributed by atoms with Crippen LogP contribution in [0.5, 0.6) is 11.5 Å². The maximum Gasteiger partial charge on any atom is 0.313 e. The Kier molecular flexibility index (Phi) is 8.02. The van der Waals surface area contributed by atoms with Gasteiger partial charge in [0, 0.05) is 6.54 Å². The van der Waals surface area contributed by atoms with Gasteiger partial charge < -0.3 is 25.8 Å². The number of hydrogen-bond donors (Lipinski definition) is 3. The van der Waals surface area contributed by atoms with Gasteiger partial charge in [0.05, 0.1) is 24.5 Å². The van der Waals surface area contributed by atoms with Crippen molar-refractivity contribution in [2.75, 3.05) is 25.1 Å². The summed E-state index contributed by atoms with van der Waals surface area (Å²) in [6.07, 6.45) is 0.503. The van der Waals surface area contributed by atoms with Crippen LogP contribution in [-0.4, -0.2) is 37.5 Å². The summed E-state index contributed by atoms with van der Waals surface area (Å²) in [5.41, 5.74) is 6.51. The lowest BCUT2D eigenvalue weighted by Gasteiger charge is -2.13. The molecule has 0 unspecified atom stereocenters. The van der Waals surface area contributed by atoms with Gasteiger partial charge in [0.1, 0.15) is 0 Å². The van der Waals surface area contributed by atoms with Crippen LogP contribution in [0.25, 0.3) is 0 Å². The molecular formula is C21H25N3O5. The molecule has 0 saturated carbocycles. The second kappa shape index (κ2) is 10.7. The summed E-state index contributed by atoms with van der Waals surface area (Å²) in [6.45, 7) is 5.07. The molecule has 0 heterocycles. The molecule has 8 heteroatoms. The first-order valence-electron chi connectivity index (χ1n) is 9.32. The molecule has 3 amide bonds. The lowest BCUT2D eigenvalue weighted by Crippen LogP contribution is -2.36. The van der Waals surface area contributed by atoms with Crippen LogP contribution >= 0.6 is 0 Å². The number of hydrogen-bond acceptors (Lipinski definition) is 5. The monoisotopic (exact) mass is 399 g/mol. The Hall–Kier alpha value is -3.55. The number of carbonyl (C=O) groups is 3. The zero-order chi connectivity index (χ0) is 21.2. The molecule has 0 atom stereocenters. The predicted molar refractivity (Wildman–Crippen MR) is 109 cm³/mol. The van der Waals surface area contributed by atoms with Crippen LogP contribution in [-0.2, 0) is 16.0 Å². The van der Waals surface area contributed by atoms with Gasteiger partial charge in [-0.2, -0.15) is 0 Å². The number of benzene rings is 2. The van der Waals surface area contributed by atoms with Crippen molar-refractivity contribution in [3.63, 3.8) is 0 Å². The molecule has 0 saturated heterocycles. The maximum atomic E-state index is 12.1. The van der Waals surface area contributed by atoms with Gasteiger partial charge >= 0.3 is 11.8 Å². The fourth-order valence-electron chi connectivity index (χ4n) is 2.64. The van der Waals surface area contributed by atoms with Crippen molar-refractivity contribution < 1.29 is 23.9 Å². The fourth-order valence-corrected chi connectivity index (χ4v) is 2.64. The number of nitrogens with two attached hydrogens (primary N) is 1. The Balaban J connectivity index is 1.92. The van der Waals surface area contributed by atoms with Crippen molar-refractivity contribution in [1.82, 2.24) is 5.32 Å². The van der Waals surface area contributed by atoms with Crippen LogP contribution in [0.15, 0.2) is 42.5 Å². The number of para-hydroxylation sites is 1. The molecule has 0 bridgehead atoms. The minimum atomic E-state index is -0.875. The first-order valence-corrected chi connectivity index (χ1v) is 9.32. The largest absolute Gasteiger partial charge is 0.490 e. The number of anilines is 1. The Morgan fingerprint density at radius 3 is 2.31 bits per heavy atom. The summed E-state index contributed by atoms with van der Waals surface area (Å²) in [4.78, 5) is 35.5. The number of carbonyl (C=O) groups excluding carboxylic acids is 3. The number of primary amides is 1. The molecule has 0 spiro atoms. The minimum absolute atomic E-state index is 0.131. The van der Waals surface area contributed by atoms with Gasteiger partial charge in [-0.25, -0.2) is 0 Å². The van der Waals surface area contributed by atoms with Gasteiger partial charge in [0.15, 0.2) is 11.5 Å². The first kappa shape index (κ1) is 21.7. The molecule has 29 heavy (non-hydrogen) atoms. The van der Waals surface area contributed by atoms with Crippen LogP contribution in [0.2, 0.25) is 0 Å². The standard InChI is InChI=1S/C21H25N3O5/c1-3-28-17-10-9-14(13-18(17)29-4-2)11-12-23-20(26)21(27)24-16-8-6-5-7-15(16)19(22)25/h5-10,13H,3-4,11-12H2,1-2H3,(H2,22,25)(H,23,26)(H,24,27). The van der Waals surface area contributed by atoms with Crippen molar-refractivity contribution in [2.45, 2.75) is 20.3 Å². The number of amides is 3. The van der Waals surface area contributed by atoms with E-state index in [-0.39, 0.29) is 17.8 Å². The van der Waals surface area contributed by atoms with Crippen LogP contribution < -0.4 is 25.8 Å². The maximum absolute atomic E-state index is 12.1. The van der Waals surface area contributed by atoms with Gasteiger partial charge in [-0.3, -0.25) is 14.4 Å². The molecule has 154 valence electrons. The van der Waals surface area contributed by atoms with E-state index in [9.17, 15) is 14.4 Å². The third-order valence-electron chi connectivity index (χ3n) is 3.95. The van der Waals surface area contributed by atoms with Crippen LogP contribution in [0.4, 0.5) is 5.69 Å². The summed E-state index contributed by atoms with van der Waals surface area (Å²) in [5.74, 6) is -1.07. The van der Waals surface area contributed by atoms with E-state index in [1.54, 1.807) is 12.1 Å². The molecular weight excluding hydrogens is 374 g/mol. The lowest BCUT2D eigenvalue weighted by atomic mass is 10.1. The minimum Gasteiger partial charge on any atom is -0.490 e. The number of ether oxygens (including phenoxy) is 2. The molecule has 0 aliphatic heterocycles. The summed E-state index contributed by atoms with van der Waals surface area (Å²) in [7, 11) is 0. The van der Waals surface area contributed by atoms with Crippen molar-refractivity contribution in [3.8, 4) is 11.5 Å². The summed E-state index contributed by atoms with van der Waals surface area (Å²) >= 11 is 0. The Labute approximate surface area is 169 Å². The van der Waals surface area contributed by atoms with Crippen LogP contribution in [0.1, 0.15) is 29.8 Å². The summed E-state index contributed by atoms with van der Waals surface area (Å²) < 4.78 is 11.1. The first-order chi connectivity index (χ1) is 14.0. The van der Waals surface area contributed by atoms with Crippen molar-refractivity contribution >= 4 is 23.4 Å². The summed E-state index contributed by atoms with van der Waals surface area (Å²) in [5, 5.41) is 4.95. The third-order valence-corrected chi connectivity index (χ3v) is 3.95. The Bertz CT molecular complexity index is 882. The number of rotatable bonds is 9. The van der Waals surface area contributed by atoms with E-state index >= 15 is 0 Å². The molecule has 4 N–H and O–H groups in total. The molecule has 0 aromatic heterocycles. The molecule has 8 nitrogen and oxygen atoms in total. The van der Waals surface area contributed by atoms with E-state index in [1.807, 2.05) is 32.0 Å². The highest BCUT2D eigenvalue weighted by molar-refractivity contribution is 6.40. The van der Waals surface area contributed by atoms with E-state index in [2.05, 4.69) is 10.6 Å². The molecule has 2 aromatic rings. The molecule has 0 radical (unpaired) electrons. The van der Waals surface area contributed by atoms with E-state index in [0.29, 0.717) is 31.1 Å². The van der Waals surface area contributed by atoms with Crippen molar-refractivity contribution in [2.24, 2.45) is 5.73 Å². The molecule has 0 fully saturated rings. The van der Waals surface area contributed by atoms with Crippen LogP contribution in [0.3, 0.4) is 0 Å². The lowest BCUT2D eigenvalue weighted by molar-refractivity contribution is -0.136. The van der Waals surface area contributed by atoms with E-state index in [1.165, 1.54) is 12.1 Å². The highest BCUT2D eigenvalue weighted by Gasteiger charge is 2.16. The molecule has 0 aliphatic rings. The average molecular weight is 399 g/mol. The van der Waals surface area contributed by atoms with E-state index in [0.717, 1.165) is 5.56 Å². The van der Waals surface area contributed by atoms with E-state index in [4.69, 9.17) is 15.2 Å². The second-order valence-corrected chi connectivity index (χ2v) is 6.02. The Morgan fingerprint density at radius 1 is 0.931 bits per heavy atom. The van der Waals surface area contributed by atoms with Crippen molar-refractivity contribution in [1.29, 1.82) is 0 Å². The topological polar surface area (TPSA) is 120 Å².